The van der Waals surface area contributed by atoms with E-state index in [-0.39, 0.29) is 5.91 Å². The number of rotatable bonds is 7. The van der Waals surface area contributed by atoms with Crippen LogP contribution in [0.3, 0.4) is 0 Å². The van der Waals surface area contributed by atoms with Gasteiger partial charge in [-0.2, -0.15) is 0 Å². The number of hydrogen-bond acceptors (Lipinski definition) is 7. The monoisotopic (exact) mass is 326 g/mol. The lowest BCUT2D eigenvalue weighted by Crippen LogP contribution is -2.29. The summed E-state index contributed by atoms with van der Waals surface area (Å²) in [4.78, 5) is 15.2. The minimum Gasteiger partial charge on any atom is -0.377 e. The zero-order chi connectivity index (χ0) is 15.2. The van der Waals surface area contributed by atoms with Gasteiger partial charge in [0.15, 0.2) is 0 Å². The predicted octanol–water partition coefficient (Wildman–Crippen LogP) is 2.12. The third-order valence-electron chi connectivity index (χ3n) is 2.78. The molecule has 0 atom stereocenters. The van der Waals surface area contributed by atoms with Crippen molar-refractivity contribution >= 4 is 33.7 Å². The Kier molecular flexibility index (Phi) is 5.80. The van der Waals surface area contributed by atoms with Gasteiger partial charge in [-0.05, 0) is 31.0 Å². The molecule has 0 spiro atoms. The summed E-state index contributed by atoms with van der Waals surface area (Å²) in [5.41, 5.74) is 1.26. The summed E-state index contributed by atoms with van der Waals surface area (Å²) in [6.45, 7) is 3.57. The number of carbonyl (C=O) groups excluding carboxylic acids is 1. The fourth-order valence-corrected chi connectivity index (χ4v) is 3.47. The molecule has 6 nitrogen and oxygen atoms in total. The Morgan fingerprint density at radius 2 is 2.29 bits per heavy atom. The second-order valence-corrected chi connectivity index (χ2v) is 6.74. The van der Waals surface area contributed by atoms with Crippen molar-refractivity contribution in [1.82, 2.24) is 15.1 Å². The van der Waals surface area contributed by atoms with E-state index in [1.54, 1.807) is 18.4 Å². The summed E-state index contributed by atoms with van der Waals surface area (Å²) in [6, 6.07) is 2.09. The number of ether oxygens (including phenoxy) is 1. The second-order valence-electron chi connectivity index (χ2n) is 4.68. The minimum absolute atomic E-state index is 0.0909. The maximum Gasteiger partial charge on any atom is 0.240 e. The molecule has 2 aromatic heterocycles. The van der Waals surface area contributed by atoms with Crippen LogP contribution in [0, 0.1) is 6.92 Å². The Morgan fingerprint density at radius 3 is 2.95 bits per heavy atom. The van der Waals surface area contributed by atoms with Crippen molar-refractivity contribution in [3.63, 3.8) is 0 Å². The van der Waals surface area contributed by atoms with E-state index in [1.807, 2.05) is 11.9 Å². The highest BCUT2D eigenvalue weighted by molar-refractivity contribution is 7.15. The number of aromatic nitrogens is 2. The Bertz CT molecular complexity index is 597. The molecule has 0 aromatic carbocycles. The summed E-state index contributed by atoms with van der Waals surface area (Å²) in [7, 11) is 3.52. The van der Waals surface area contributed by atoms with Crippen molar-refractivity contribution in [2.45, 2.75) is 20.1 Å². The van der Waals surface area contributed by atoms with E-state index in [1.165, 1.54) is 21.8 Å². The number of thiophene rings is 1. The highest BCUT2D eigenvalue weighted by atomic mass is 32.1. The fraction of sp³-hybridized carbons (Fsp3) is 0.462. The molecule has 0 radical (unpaired) electrons. The number of aryl methyl sites for hydroxylation is 1. The molecule has 0 saturated carbocycles. The van der Waals surface area contributed by atoms with E-state index in [4.69, 9.17) is 4.74 Å². The molecule has 8 heteroatoms. The zero-order valence-electron chi connectivity index (χ0n) is 12.3. The molecule has 2 heterocycles. The first-order valence-electron chi connectivity index (χ1n) is 6.41. The molecule has 1 amide bonds. The number of amides is 1. The van der Waals surface area contributed by atoms with Crippen LogP contribution in [0.25, 0.3) is 0 Å². The lowest BCUT2D eigenvalue weighted by Gasteiger charge is -2.15. The number of nitrogens with one attached hydrogen (secondary N) is 1. The smallest absolute Gasteiger partial charge is 0.240 e. The van der Waals surface area contributed by atoms with Crippen LogP contribution in [0.2, 0.25) is 0 Å². The molecule has 0 aliphatic carbocycles. The van der Waals surface area contributed by atoms with Crippen LogP contribution in [0.5, 0.6) is 0 Å². The molecule has 2 aromatic rings. The van der Waals surface area contributed by atoms with E-state index in [2.05, 4.69) is 33.9 Å². The maximum absolute atomic E-state index is 12.0. The van der Waals surface area contributed by atoms with Gasteiger partial charge in [-0.15, -0.1) is 21.5 Å². The van der Waals surface area contributed by atoms with Gasteiger partial charge in [0.2, 0.25) is 11.0 Å². The van der Waals surface area contributed by atoms with E-state index in [9.17, 15) is 4.79 Å². The molecular formula is C13H18N4O2S2. The minimum atomic E-state index is -0.0909. The van der Waals surface area contributed by atoms with E-state index >= 15 is 0 Å². The lowest BCUT2D eigenvalue weighted by molar-refractivity contribution is -0.117. The molecule has 21 heavy (non-hydrogen) atoms. The Hall–Kier alpha value is -1.35. The fourth-order valence-electron chi connectivity index (χ4n) is 1.76. The molecule has 0 fully saturated rings. The van der Waals surface area contributed by atoms with Crippen LogP contribution in [-0.2, 0) is 22.7 Å². The number of methoxy groups -OCH3 is 1. The lowest BCUT2D eigenvalue weighted by atomic mass is 10.3. The van der Waals surface area contributed by atoms with E-state index in [0.29, 0.717) is 18.3 Å². The topological polar surface area (TPSA) is 67.4 Å². The Balaban J connectivity index is 1.81. The van der Waals surface area contributed by atoms with E-state index < -0.39 is 0 Å². The summed E-state index contributed by atoms with van der Waals surface area (Å²) < 4.78 is 4.97. The maximum atomic E-state index is 12.0. The van der Waals surface area contributed by atoms with Gasteiger partial charge in [0, 0.05) is 18.5 Å². The average Bonchev–Trinajstić information content (AvgIpc) is 3.00. The van der Waals surface area contributed by atoms with Crippen molar-refractivity contribution in [3.05, 3.63) is 26.9 Å². The standard InChI is InChI=1S/C13H18N4O2S2/c1-9-4-5-20-10(9)6-17(2)7-11(18)14-13-16-15-12(21-13)8-19-3/h4-5H,6-8H2,1-3H3,(H,14,16,18). The predicted molar refractivity (Wildman–Crippen MR) is 84.6 cm³/mol. The summed E-state index contributed by atoms with van der Waals surface area (Å²) in [5.74, 6) is -0.0909. The van der Waals surface area contributed by atoms with Gasteiger partial charge in [-0.3, -0.25) is 15.0 Å². The largest absolute Gasteiger partial charge is 0.377 e. The van der Waals surface area contributed by atoms with Crippen molar-refractivity contribution in [3.8, 4) is 0 Å². The molecule has 114 valence electrons. The Morgan fingerprint density at radius 1 is 1.48 bits per heavy atom. The number of carbonyl (C=O) groups is 1. The van der Waals surface area contributed by atoms with Crippen LogP contribution in [-0.4, -0.2) is 41.7 Å². The van der Waals surface area contributed by atoms with Crippen LogP contribution < -0.4 is 5.32 Å². The third kappa shape index (κ3) is 4.85. The first-order chi connectivity index (χ1) is 10.1. The highest BCUT2D eigenvalue weighted by Crippen LogP contribution is 2.18. The zero-order valence-corrected chi connectivity index (χ0v) is 13.9. The number of nitrogens with zero attached hydrogens (tertiary/aromatic N) is 3. The Labute approximate surface area is 131 Å². The second kappa shape index (κ2) is 7.60. The molecule has 0 unspecified atom stereocenters. The number of likely N-dealkylation sites (N-methyl/N-ethyl adjacent to an activating group) is 1. The molecule has 0 saturated heterocycles. The normalized spacial score (nSPS) is 11.0. The van der Waals surface area contributed by atoms with Crippen LogP contribution in [0.4, 0.5) is 5.13 Å². The number of anilines is 1. The molecule has 0 bridgehead atoms. The molecule has 0 aliphatic heterocycles. The SMILES string of the molecule is COCc1nnc(NC(=O)CN(C)Cc2sccc2C)s1. The van der Waals surface area contributed by atoms with Gasteiger partial charge in [0.1, 0.15) is 11.6 Å². The first-order valence-corrected chi connectivity index (χ1v) is 8.10. The third-order valence-corrected chi connectivity index (χ3v) is 4.60. The summed E-state index contributed by atoms with van der Waals surface area (Å²) in [5, 5.41) is 13.9. The molecular weight excluding hydrogens is 308 g/mol. The molecule has 0 aliphatic rings. The van der Waals surface area contributed by atoms with Gasteiger partial charge in [-0.1, -0.05) is 11.3 Å². The van der Waals surface area contributed by atoms with Gasteiger partial charge in [-0.25, -0.2) is 0 Å². The highest BCUT2D eigenvalue weighted by Gasteiger charge is 2.12. The first kappa shape index (κ1) is 16.0. The van der Waals surface area contributed by atoms with Crippen LogP contribution >= 0.6 is 22.7 Å². The molecule has 1 N–H and O–H groups in total. The summed E-state index contributed by atoms with van der Waals surface area (Å²) in [6.07, 6.45) is 0. The van der Waals surface area contributed by atoms with Gasteiger partial charge < -0.3 is 4.74 Å². The van der Waals surface area contributed by atoms with Crippen molar-refractivity contribution in [2.24, 2.45) is 0 Å². The van der Waals surface area contributed by atoms with Gasteiger partial charge in [0.05, 0.1) is 6.54 Å². The van der Waals surface area contributed by atoms with Crippen molar-refractivity contribution < 1.29 is 9.53 Å². The summed E-state index contributed by atoms with van der Waals surface area (Å²) >= 11 is 3.04. The van der Waals surface area contributed by atoms with Crippen molar-refractivity contribution in [2.75, 3.05) is 26.0 Å². The molecule has 2 rings (SSSR count). The van der Waals surface area contributed by atoms with Crippen LogP contribution in [0.1, 0.15) is 15.4 Å². The average molecular weight is 326 g/mol. The quantitative estimate of drug-likeness (QED) is 0.844. The van der Waals surface area contributed by atoms with Gasteiger partial charge in [0.25, 0.3) is 0 Å². The van der Waals surface area contributed by atoms with Crippen molar-refractivity contribution in [1.29, 1.82) is 0 Å². The number of hydrogen-bond donors (Lipinski definition) is 1. The van der Waals surface area contributed by atoms with Gasteiger partial charge >= 0.3 is 0 Å². The van der Waals surface area contributed by atoms with Crippen LogP contribution in [0.15, 0.2) is 11.4 Å². The van der Waals surface area contributed by atoms with E-state index in [0.717, 1.165) is 11.6 Å².